The van der Waals surface area contributed by atoms with Crippen LogP contribution in [0.3, 0.4) is 0 Å². The van der Waals surface area contributed by atoms with Gasteiger partial charge in [-0.2, -0.15) is 0 Å². The van der Waals surface area contributed by atoms with Gasteiger partial charge in [-0.15, -0.1) is 10.2 Å². The number of hydrogen-bond donors (Lipinski definition) is 0. The van der Waals surface area contributed by atoms with Gasteiger partial charge >= 0.3 is 24.1 Å². The molecule has 1 aromatic heterocycles. The number of carbonyl (C=O) groups is 4. The third-order valence-corrected chi connectivity index (χ3v) is 8.04. The molecule has 0 aliphatic heterocycles. The van der Waals surface area contributed by atoms with Crippen LogP contribution in [0.1, 0.15) is 135 Å². The first kappa shape index (κ1) is 65.9. The molecule has 2 aromatic rings. The van der Waals surface area contributed by atoms with Gasteiger partial charge < -0.3 is 42.3 Å². The zero-order valence-electron chi connectivity index (χ0n) is 40.9. The first-order valence-corrected chi connectivity index (χ1v) is 22.2. The Hall–Kier alpha value is -4.67. The Bertz CT molecular complexity index is 1380. The maximum Gasteiger partial charge on any atom is 0.507 e. The number of ether oxygens (including phenoxy) is 8. The maximum atomic E-state index is 13.0. The summed E-state index contributed by atoms with van der Waals surface area (Å²) in [5.74, 6) is -0.0969. The molecule has 2 rings (SSSR count). The molecule has 0 aliphatic rings. The fraction of sp³-hybridized carbons (Fsp3) is 0.667. The second kappa shape index (κ2) is 52.7. The Kier molecular flexibility index (Phi) is 54.3. The standard InChI is InChI=1S/C10H9FN2O.C10H18O3.C8H14O3.C7H14O2.C7H16O.C6H12O3/c1-6-5-8(3-4-9(6)11)10-13-12-7(2)14-10;1-3-10(11)13-9-7-5-4-6-8-12-2;1-3-8(9)11-7-5-4-6-10-2;1-3-4-5-6-7(8)9-2;1-3-4-5-6-7-8-2;1-3-4-5-9-6(7)8-2/h3-5H,1-2H3;3H,1,4-9H2,2H3;3H,1,4-7H2,2H3;3-6H2,1-2H3;3-7H2,1-2H3;3-5H2,1-2H3. The number of halogens is 1. The van der Waals surface area contributed by atoms with Crippen LogP contribution >= 0.6 is 0 Å². The summed E-state index contributed by atoms with van der Waals surface area (Å²) in [6.07, 6.45) is 18.6. The molecule has 0 atom stereocenters. The van der Waals surface area contributed by atoms with E-state index < -0.39 is 6.16 Å². The third-order valence-electron chi connectivity index (χ3n) is 8.04. The molecule has 0 saturated heterocycles. The average Bonchev–Trinajstić information content (AvgIpc) is 3.75. The zero-order valence-corrected chi connectivity index (χ0v) is 40.9. The van der Waals surface area contributed by atoms with Crippen molar-refractivity contribution < 1.29 is 65.9 Å². The smallest absolute Gasteiger partial charge is 0.469 e. The summed E-state index contributed by atoms with van der Waals surface area (Å²) in [4.78, 5) is 41.8. The van der Waals surface area contributed by atoms with Gasteiger partial charge in [0.1, 0.15) is 5.82 Å². The fourth-order valence-electron chi connectivity index (χ4n) is 4.36. The predicted octanol–water partition coefficient (Wildman–Crippen LogP) is 11.1. The van der Waals surface area contributed by atoms with Crippen molar-refractivity contribution in [1.82, 2.24) is 10.2 Å². The molecule has 16 heteroatoms. The number of esters is 3. The maximum absolute atomic E-state index is 13.0. The molecule has 0 amide bonds. The van der Waals surface area contributed by atoms with E-state index in [1.165, 1.54) is 52.0 Å². The molecule has 0 radical (unpaired) electrons. The summed E-state index contributed by atoms with van der Waals surface area (Å²) in [7, 11) is 7.83. The van der Waals surface area contributed by atoms with Gasteiger partial charge in [-0.1, -0.05) is 78.9 Å². The van der Waals surface area contributed by atoms with Gasteiger partial charge in [0.15, 0.2) is 0 Å². The zero-order chi connectivity index (χ0) is 49.1. The van der Waals surface area contributed by atoms with Crippen LogP contribution < -0.4 is 0 Å². The van der Waals surface area contributed by atoms with Gasteiger partial charge in [0.2, 0.25) is 11.8 Å². The van der Waals surface area contributed by atoms with Crippen molar-refractivity contribution >= 4 is 24.1 Å². The van der Waals surface area contributed by atoms with E-state index in [2.05, 4.69) is 51.4 Å². The highest BCUT2D eigenvalue weighted by Gasteiger charge is 2.07. The Morgan fingerprint density at radius 1 is 0.594 bits per heavy atom. The van der Waals surface area contributed by atoms with Crippen molar-refractivity contribution in [3.05, 3.63) is 60.8 Å². The average molecular weight is 915 g/mol. The van der Waals surface area contributed by atoms with Crippen LogP contribution in [0.5, 0.6) is 0 Å². The molecule has 0 bridgehead atoms. The Labute approximate surface area is 384 Å². The summed E-state index contributed by atoms with van der Waals surface area (Å²) >= 11 is 0. The molecule has 0 unspecified atom stereocenters. The Balaban J connectivity index is -0.000000342. The minimum Gasteiger partial charge on any atom is -0.469 e. The lowest BCUT2D eigenvalue weighted by Crippen LogP contribution is -2.04. The highest BCUT2D eigenvalue weighted by atomic mass is 19.1. The van der Waals surface area contributed by atoms with Crippen molar-refractivity contribution in [3.8, 4) is 11.5 Å². The summed E-state index contributed by atoms with van der Waals surface area (Å²) in [5.41, 5.74) is 1.31. The van der Waals surface area contributed by atoms with E-state index in [0.717, 1.165) is 95.5 Å². The van der Waals surface area contributed by atoms with E-state index in [9.17, 15) is 23.6 Å². The van der Waals surface area contributed by atoms with E-state index in [-0.39, 0.29) is 23.7 Å². The second-order valence-corrected chi connectivity index (χ2v) is 13.7. The van der Waals surface area contributed by atoms with Gasteiger partial charge in [0, 0.05) is 72.2 Å². The monoisotopic (exact) mass is 915 g/mol. The normalized spacial score (nSPS) is 9.55. The van der Waals surface area contributed by atoms with Crippen molar-refractivity contribution in [2.75, 3.05) is 75.2 Å². The topological polar surface area (TPSA) is 181 Å². The molecule has 0 saturated carbocycles. The molecule has 0 N–H and O–H groups in total. The summed E-state index contributed by atoms with van der Waals surface area (Å²) in [6.45, 7) is 20.2. The van der Waals surface area contributed by atoms with Crippen molar-refractivity contribution in [1.29, 1.82) is 0 Å². The molecular formula is C48H83FN2O13. The molecule has 0 fully saturated rings. The first-order valence-electron chi connectivity index (χ1n) is 22.2. The first-order chi connectivity index (χ1) is 30.8. The quantitative estimate of drug-likeness (QED) is 0.0357. The van der Waals surface area contributed by atoms with Crippen LogP contribution in [-0.4, -0.2) is 109 Å². The van der Waals surface area contributed by atoms with Gasteiger partial charge in [-0.05, 0) is 82.1 Å². The van der Waals surface area contributed by atoms with Crippen LogP contribution in [0.4, 0.5) is 9.18 Å². The van der Waals surface area contributed by atoms with Crippen molar-refractivity contribution in [2.24, 2.45) is 0 Å². The molecule has 0 aliphatic carbocycles. The highest BCUT2D eigenvalue weighted by Crippen LogP contribution is 2.20. The van der Waals surface area contributed by atoms with Crippen LogP contribution in [0.25, 0.3) is 11.5 Å². The van der Waals surface area contributed by atoms with Gasteiger partial charge in [0.25, 0.3) is 0 Å². The molecule has 370 valence electrons. The lowest BCUT2D eigenvalue weighted by Gasteiger charge is -2.01. The van der Waals surface area contributed by atoms with E-state index in [1.54, 1.807) is 47.3 Å². The van der Waals surface area contributed by atoms with E-state index in [1.807, 2.05) is 6.92 Å². The lowest BCUT2D eigenvalue weighted by molar-refractivity contribution is -0.141. The van der Waals surface area contributed by atoms with Crippen molar-refractivity contribution in [3.63, 3.8) is 0 Å². The van der Waals surface area contributed by atoms with Crippen LogP contribution in [0.2, 0.25) is 0 Å². The number of aryl methyl sites for hydroxylation is 2. The molecule has 15 nitrogen and oxygen atoms in total. The van der Waals surface area contributed by atoms with E-state index in [4.69, 9.17) is 28.1 Å². The molecule has 1 aromatic carbocycles. The highest BCUT2D eigenvalue weighted by molar-refractivity contribution is 5.81. The molecule has 0 spiro atoms. The number of carbonyl (C=O) groups excluding carboxylic acids is 4. The number of hydrogen-bond acceptors (Lipinski definition) is 15. The van der Waals surface area contributed by atoms with Crippen LogP contribution in [0, 0.1) is 19.7 Å². The van der Waals surface area contributed by atoms with E-state index in [0.29, 0.717) is 50.2 Å². The molecule has 1 heterocycles. The lowest BCUT2D eigenvalue weighted by atomic mass is 10.1. The number of rotatable bonds is 27. The van der Waals surface area contributed by atoms with Crippen LogP contribution in [0.15, 0.2) is 47.9 Å². The van der Waals surface area contributed by atoms with E-state index >= 15 is 0 Å². The Morgan fingerprint density at radius 2 is 1.05 bits per heavy atom. The number of nitrogens with zero attached hydrogens (tertiary/aromatic N) is 2. The van der Waals surface area contributed by atoms with Crippen molar-refractivity contribution in [2.45, 2.75) is 137 Å². The summed E-state index contributed by atoms with van der Waals surface area (Å²) < 4.78 is 55.6. The third kappa shape index (κ3) is 50.0. The number of unbranched alkanes of at least 4 members (excludes halogenated alkanes) is 10. The minimum atomic E-state index is -0.594. The van der Waals surface area contributed by atoms with Gasteiger partial charge in [0.05, 0.1) is 34.0 Å². The Morgan fingerprint density at radius 3 is 1.47 bits per heavy atom. The molecular weight excluding hydrogens is 832 g/mol. The second-order valence-electron chi connectivity index (χ2n) is 13.7. The van der Waals surface area contributed by atoms with Gasteiger partial charge in [-0.3, -0.25) is 4.79 Å². The SMILES string of the molecule is C=CC(=O)OCCCCCCOC.C=CC(=O)OCCCCOC.CCCCCC(=O)OC.CCCCCCOC.CCCCOC(=O)OC.Cc1nnc(-c2ccc(F)c(C)c2)o1. The summed E-state index contributed by atoms with van der Waals surface area (Å²) in [5, 5.41) is 7.55. The summed E-state index contributed by atoms with van der Waals surface area (Å²) in [6, 6.07) is 4.70. The largest absolute Gasteiger partial charge is 0.507 e. The molecule has 64 heavy (non-hydrogen) atoms. The number of aromatic nitrogens is 2. The number of benzene rings is 1. The van der Waals surface area contributed by atoms with Crippen LogP contribution in [-0.2, 0) is 52.3 Å². The minimum absolute atomic E-state index is 0.0940. The van der Waals surface area contributed by atoms with Gasteiger partial charge in [-0.25, -0.2) is 18.8 Å². The number of methoxy groups -OCH3 is 5. The predicted molar refractivity (Wildman–Crippen MR) is 248 cm³/mol. The fourth-order valence-corrected chi connectivity index (χ4v) is 4.36.